The Bertz CT molecular complexity index is 607. The Hall–Kier alpha value is -1.75. The maximum atomic E-state index is 13.1. The third-order valence-corrected chi connectivity index (χ3v) is 3.74. The Morgan fingerprint density at radius 1 is 1.47 bits per heavy atom. The first kappa shape index (κ1) is 13.7. The van der Waals surface area contributed by atoms with Gasteiger partial charge >= 0.3 is 5.97 Å². The quantitative estimate of drug-likeness (QED) is 0.928. The van der Waals surface area contributed by atoms with Crippen molar-refractivity contribution in [2.45, 2.75) is 26.2 Å². The highest BCUT2D eigenvalue weighted by Crippen LogP contribution is 2.26. The molecule has 19 heavy (non-hydrogen) atoms. The van der Waals surface area contributed by atoms with Crippen LogP contribution in [0.3, 0.4) is 0 Å². The molecule has 0 aliphatic heterocycles. The maximum absolute atomic E-state index is 13.1. The number of benzene rings is 1. The molecule has 0 saturated heterocycles. The first-order chi connectivity index (χ1) is 8.97. The minimum atomic E-state index is -0.952. The summed E-state index contributed by atoms with van der Waals surface area (Å²) in [5.74, 6) is -1.19. The van der Waals surface area contributed by atoms with E-state index in [9.17, 15) is 9.18 Å². The van der Waals surface area contributed by atoms with Crippen LogP contribution in [0.4, 0.5) is 4.39 Å². The van der Waals surface area contributed by atoms with Crippen LogP contribution in [-0.2, 0) is 6.42 Å². The minimum Gasteiger partial charge on any atom is -0.477 e. The van der Waals surface area contributed by atoms with Crippen LogP contribution < -0.4 is 0 Å². The molecule has 0 saturated carbocycles. The Balaban J connectivity index is 2.31. The molecule has 100 valence electrons. The number of rotatable bonds is 4. The lowest BCUT2D eigenvalue weighted by molar-refractivity contribution is 0.0700. The Morgan fingerprint density at radius 2 is 2.21 bits per heavy atom. The van der Waals surface area contributed by atoms with Crippen molar-refractivity contribution in [2.75, 3.05) is 0 Å². The zero-order valence-corrected chi connectivity index (χ0v) is 11.5. The number of carboxylic acid groups (broad SMARTS) is 1. The molecular weight excluding hydrogens is 265 g/mol. The summed E-state index contributed by atoms with van der Waals surface area (Å²) in [6, 6.07) is 6.27. The van der Waals surface area contributed by atoms with Gasteiger partial charge in [0.25, 0.3) is 0 Å². The smallest absolute Gasteiger partial charge is 0.347 e. The lowest BCUT2D eigenvalue weighted by Crippen LogP contribution is -2.00. The molecule has 0 bridgehead atoms. The molecule has 0 atom stereocenters. The van der Waals surface area contributed by atoms with Crippen molar-refractivity contribution in [3.8, 4) is 0 Å². The van der Waals surface area contributed by atoms with E-state index >= 15 is 0 Å². The second-order valence-electron chi connectivity index (χ2n) is 4.59. The summed E-state index contributed by atoms with van der Waals surface area (Å²) < 4.78 is 13.1. The van der Waals surface area contributed by atoms with Crippen LogP contribution in [0.25, 0.3) is 0 Å². The van der Waals surface area contributed by atoms with Gasteiger partial charge in [-0.25, -0.2) is 14.2 Å². The van der Waals surface area contributed by atoms with Crippen LogP contribution in [0.2, 0.25) is 0 Å². The van der Waals surface area contributed by atoms with Gasteiger partial charge in [0.15, 0.2) is 0 Å². The fourth-order valence-electron chi connectivity index (χ4n) is 1.82. The molecule has 2 aromatic rings. The van der Waals surface area contributed by atoms with E-state index in [4.69, 9.17) is 5.11 Å². The van der Waals surface area contributed by atoms with Gasteiger partial charge in [0, 0.05) is 6.42 Å². The van der Waals surface area contributed by atoms with E-state index < -0.39 is 5.97 Å². The first-order valence-electron chi connectivity index (χ1n) is 5.94. The molecule has 3 nitrogen and oxygen atoms in total. The van der Waals surface area contributed by atoms with Gasteiger partial charge in [-0.15, -0.1) is 11.3 Å². The highest BCUT2D eigenvalue weighted by atomic mass is 32.1. The number of hydrogen-bond acceptors (Lipinski definition) is 3. The van der Waals surface area contributed by atoms with E-state index in [1.807, 2.05) is 13.8 Å². The summed E-state index contributed by atoms with van der Waals surface area (Å²) >= 11 is 1.16. The average Bonchev–Trinajstić information content (AvgIpc) is 2.73. The fourth-order valence-corrected chi connectivity index (χ4v) is 2.91. The van der Waals surface area contributed by atoms with Crippen molar-refractivity contribution >= 4 is 17.3 Å². The second-order valence-corrected chi connectivity index (χ2v) is 5.67. The number of aromatic nitrogens is 1. The number of aromatic carboxylic acids is 1. The summed E-state index contributed by atoms with van der Waals surface area (Å²) in [6.07, 6.45) is 0.454. The van der Waals surface area contributed by atoms with Gasteiger partial charge in [-0.2, -0.15) is 0 Å². The number of carboxylic acids is 1. The molecular formula is C14H14FNO2S. The number of thiazole rings is 1. The van der Waals surface area contributed by atoms with Crippen LogP contribution in [-0.4, -0.2) is 16.1 Å². The molecule has 5 heteroatoms. The van der Waals surface area contributed by atoms with E-state index in [2.05, 4.69) is 4.98 Å². The van der Waals surface area contributed by atoms with Crippen LogP contribution in [0.5, 0.6) is 0 Å². The largest absolute Gasteiger partial charge is 0.477 e. The monoisotopic (exact) mass is 279 g/mol. The van der Waals surface area contributed by atoms with Crippen LogP contribution >= 0.6 is 11.3 Å². The summed E-state index contributed by atoms with van der Waals surface area (Å²) in [7, 11) is 0. The topological polar surface area (TPSA) is 50.2 Å². The van der Waals surface area contributed by atoms with Crippen LogP contribution in [0, 0.1) is 5.82 Å². The molecule has 2 rings (SSSR count). The molecule has 0 aliphatic carbocycles. The fraction of sp³-hybridized carbons (Fsp3) is 0.286. The number of nitrogens with zero attached hydrogens (tertiary/aromatic N) is 1. The lowest BCUT2D eigenvalue weighted by Gasteiger charge is -2.00. The molecule has 0 aliphatic rings. The molecule has 1 N–H and O–H groups in total. The third kappa shape index (κ3) is 3.17. The summed E-state index contributed by atoms with van der Waals surface area (Å²) in [6.45, 7) is 3.82. The normalized spacial score (nSPS) is 10.9. The zero-order chi connectivity index (χ0) is 14.0. The van der Waals surface area contributed by atoms with E-state index in [1.54, 1.807) is 12.1 Å². The van der Waals surface area contributed by atoms with E-state index in [1.165, 1.54) is 12.1 Å². The Morgan fingerprint density at radius 3 is 2.74 bits per heavy atom. The molecule has 0 spiro atoms. The number of halogens is 1. The predicted octanol–water partition coefficient (Wildman–Crippen LogP) is 3.69. The van der Waals surface area contributed by atoms with Crippen LogP contribution in [0.1, 0.15) is 45.7 Å². The van der Waals surface area contributed by atoms with Gasteiger partial charge < -0.3 is 5.11 Å². The lowest BCUT2D eigenvalue weighted by atomic mass is 10.1. The predicted molar refractivity (Wildman–Crippen MR) is 72.4 cm³/mol. The average molecular weight is 279 g/mol. The Labute approximate surface area is 114 Å². The highest BCUT2D eigenvalue weighted by Gasteiger charge is 2.19. The first-order valence-corrected chi connectivity index (χ1v) is 6.76. The third-order valence-electron chi connectivity index (χ3n) is 2.68. The van der Waals surface area contributed by atoms with Crippen molar-refractivity contribution in [2.24, 2.45) is 0 Å². The minimum absolute atomic E-state index is 0.0589. The number of carbonyl (C=O) groups is 1. The highest BCUT2D eigenvalue weighted by molar-refractivity contribution is 7.13. The van der Waals surface area contributed by atoms with Gasteiger partial charge in [0.2, 0.25) is 0 Å². The summed E-state index contributed by atoms with van der Waals surface area (Å²) in [5, 5.41) is 9.85. The van der Waals surface area contributed by atoms with Gasteiger partial charge in [0.05, 0.1) is 10.7 Å². The zero-order valence-electron chi connectivity index (χ0n) is 10.7. The molecule has 0 fully saturated rings. The van der Waals surface area contributed by atoms with Crippen LogP contribution in [0.15, 0.2) is 24.3 Å². The van der Waals surface area contributed by atoms with Crippen molar-refractivity contribution in [3.05, 3.63) is 51.2 Å². The molecule has 1 aromatic heterocycles. The molecule has 1 aromatic carbocycles. The van der Waals surface area contributed by atoms with E-state index in [0.29, 0.717) is 17.1 Å². The van der Waals surface area contributed by atoms with Crippen molar-refractivity contribution in [1.29, 1.82) is 0 Å². The van der Waals surface area contributed by atoms with Crippen molar-refractivity contribution < 1.29 is 14.3 Å². The van der Waals surface area contributed by atoms with E-state index in [0.717, 1.165) is 16.9 Å². The SMILES string of the molecule is CC(C)c1nc(Cc2cccc(F)c2)sc1C(=O)O. The van der Waals surface area contributed by atoms with Crippen molar-refractivity contribution in [3.63, 3.8) is 0 Å². The molecule has 0 unspecified atom stereocenters. The summed E-state index contributed by atoms with van der Waals surface area (Å²) in [5.41, 5.74) is 1.39. The Kier molecular flexibility index (Phi) is 3.95. The van der Waals surface area contributed by atoms with E-state index in [-0.39, 0.29) is 16.6 Å². The number of hydrogen-bond donors (Lipinski definition) is 1. The van der Waals surface area contributed by atoms with Gasteiger partial charge in [-0.1, -0.05) is 26.0 Å². The second kappa shape index (κ2) is 5.48. The standard InChI is InChI=1S/C14H14FNO2S/c1-8(2)12-13(14(17)18)19-11(16-12)7-9-4-3-5-10(15)6-9/h3-6,8H,7H2,1-2H3,(H,17,18). The summed E-state index contributed by atoms with van der Waals surface area (Å²) in [4.78, 5) is 15.8. The van der Waals surface area contributed by atoms with Gasteiger partial charge in [-0.3, -0.25) is 0 Å². The van der Waals surface area contributed by atoms with Gasteiger partial charge in [-0.05, 0) is 23.6 Å². The van der Waals surface area contributed by atoms with Gasteiger partial charge in [0.1, 0.15) is 10.7 Å². The molecule has 1 heterocycles. The van der Waals surface area contributed by atoms with Crippen molar-refractivity contribution in [1.82, 2.24) is 4.98 Å². The molecule has 0 amide bonds. The maximum Gasteiger partial charge on any atom is 0.347 e. The molecule has 0 radical (unpaired) electrons.